The Morgan fingerprint density at radius 2 is 2.00 bits per heavy atom. The van der Waals surface area contributed by atoms with Crippen molar-refractivity contribution in [1.82, 2.24) is 9.78 Å². The van der Waals surface area contributed by atoms with Crippen LogP contribution in [0, 0.1) is 0 Å². The quantitative estimate of drug-likeness (QED) is 0.555. The molecule has 0 saturated carbocycles. The van der Waals surface area contributed by atoms with Crippen molar-refractivity contribution in [2.45, 2.75) is 32.7 Å². The Balaban J connectivity index is 2.02. The van der Waals surface area contributed by atoms with E-state index in [0.717, 1.165) is 12.2 Å². The summed E-state index contributed by atoms with van der Waals surface area (Å²) in [5, 5.41) is 4.34. The molecule has 0 spiro atoms. The van der Waals surface area contributed by atoms with Gasteiger partial charge in [-0.1, -0.05) is 38.0 Å². The summed E-state index contributed by atoms with van der Waals surface area (Å²) in [5.74, 6) is 0. The van der Waals surface area contributed by atoms with Crippen molar-refractivity contribution in [1.29, 1.82) is 0 Å². The first-order chi connectivity index (χ1) is 7.90. The fraction of sp³-hybridized carbons (Fsp3) is 0.385. The molecule has 0 radical (unpaired) electrons. The van der Waals surface area contributed by atoms with Gasteiger partial charge in [-0.2, -0.15) is 0 Å². The zero-order valence-corrected chi connectivity index (χ0v) is 9.71. The van der Waals surface area contributed by atoms with E-state index in [1.807, 2.05) is 40.1 Å². The smallest absolute Gasteiger partial charge is 0.203 e. The molecule has 84 valence electrons. The molecule has 0 N–H and O–H groups in total. The van der Waals surface area contributed by atoms with Crippen LogP contribution in [-0.2, 0) is 6.54 Å². The summed E-state index contributed by atoms with van der Waals surface area (Å²) in [7, 11) is 0. The number of hydrogen-bond donors (Lipinski definition) is 0. The fourth-order valence-electron chi connectivity index (χ4n) is 1.70. The Kier molecular flexibility index (Phi) is 3.70. The second-order valence-electron chi connectivity index (χ2n) is 3.96. The van der Waals surface area contributed by atoms with Crippen LogP contribution >= 0.6 is 0 Å². The van der Waals surface area contributed by atoms with E-state index < -0.39 is 0 Å². The van der Waals surface area contributed by atoms with Crippen molar-refractivity contribution in [3.8, 4) is 5.69 Å². The maximum atomic E-state index is 4.34. The van der Waals surface area contributed by atoms with Gasteiger partial charge < -0.3 is 0 Å². The molecule has 2 aromatic rings. The highest BCUT2D eigenvalue weighted by atomic mass is 15.3. The van der Waals surface area contributed by atoms with Gasteiger partial charge in [0.15, 0.2) is 0 Å². The predicted molar refractivity (Wildman–Crippen MR) is 63.3 cm³/mol. The monoisotopic (exact) mass is 216 g/mol. The third kappa shape index (κ3) is 2.69. The molecule has 0 unspecified atom stereocenters. The van der Waals surface area contributed by atoms with Crippen LogP contribution in [0.25, 0.3) is 5.69 Å². The number of para-hydroxylation sites is 1. The van der Waals surface area contributed by atoms with Crippen LogP contribution in [0.4, 0.5) is 0 Å². The van der Waals surface area contributed by atoms with E-state index in [1.54, 1.807) is 0 Å². The van der Waals surface area contributed by atoms with Gasteiger partial charge in [0, 0.05) is 5.10 Å². The van der Waals surface area contributed by atoms with Crippen molar-refractivity contribution in [3.05, 3.63) is 43.0 Å². The van der Waals surface area contributed by atoms with Crippen molar-refractivity contribution in [2.24, 2.45) is 0 Å². The minimum absolute atomic E-state index is 1.01. The lowest BCUT2D eigenvalue weighted by molar-refractivity contribution is -0.596. The van der Waals surface area contributed by atoms with Gasteiger partial charge in [-0.25, -0.2) is 4.57 Å². The molecule has 0 bridgehead atoms. The number of hydrogen-bond acceptors (Lipinski definition) is 1. The van der Waals surface area contributed by atoms with Gasteiger partial charge >= 0.3 is 0 Å². The molecule has 1 aromatic heterocycles. The summed E-state index contributed by atoms with van der Waals surface area (Å²) in [6.07, 6.45) is 7.63. The molecule has 0 aliphatic carbocycles. The van der Waals surface area contributed by atoms with E-state index in [1.165, 1.54) is 19.3 Å². The zero-order valence-electron chi connectivity index (χ0n) is 9.71. The number of nitrogens with zero attached hydrogens (tertiary/aromatic N) is 3. The minimum Gasteiger partial charge on any atom is -0.203 e. The van der Waals surface area contributed by atoms with E-state index in [0.29, 0.717) is 0 Å². The van der Waals surface area contributed by atoms with Crippen molar-refractivity contribution in [3.63, 3.8) is 0 Å². The predicted octanol–water partition coefficient (Wildman–Crippen LogP) is 2.35. The highest BCUT2D eigenvalue weighted by Gasteiger charge is 2.06. The first-order valence-electron chi connectivity index (χ1n) is 5.89. The number of aromatic nitrogens is 3. The maximum Gasteiger partial charge on any atom is 0.270 e. The zero-order chi connectivity index (χ0) is 11.2. The van der Waals surface area contributed by atoms with Gasteiger partial charge in [-0.15, -0.1) is 4.68 Å². The lowest BCUT2D eigenvalue weighted by atomic mass is 10.2. The van der Waals surface area contributed by atoms with Crippen molar-refractivity contribution >= 4 is 0 Å². The standard InChI is InChI=1S/C13H18N3/c1-2-3-7-10-16-12-15(11-14-16)13-8-5-4-6-9-13/h4-6,8-9,11-12H,2-3,7,10H2,1H3/q+1. The molecule has 0 fully saturated rings. The summed E-state index contributed by atoms with van der Waals surface area (Å²) >= 11 is 0. The molecule has 3 heteroatoms. The molecule has 16 heavy (non-hydrogen) atoms. The molecular weight excluding hydrogens is 198 g/mol. The number of unbranched alkanes of at least 4 members (excludes halogenated alkanes) is 2. The molecule has 0 aliphatic heterocycles. The largest absolute Gasteiger partial charge is 0.270 e. The maximum absolute atomic E-state index is 4.34. The van der Waals surface area contributed by atoms with Crippen LogP contribution < -0.4 is 4.57 Å². The summed E-state index contributed by atoms with van der Waals surface area (Å²) < 4.78 is 4.05. The Morgan fingerprint density at radius 1 is 1.19 bits per heavy atom. The van der Waals surface area contributed by atoms with E-state index in [9.17, 15) is 0 Å². The average Bonchev–Trinajstić information content (AvgIpc) is 2.79. The summed E-state index contributed by atoms with van der Waals surface area (Å²) in [6.45, 7) is 3.22. The Bertz CT molecular complexity index is 420. The Hall–Kier alpha value is -1.64. The molecule has 1 aromatic carbocycles. The molecular formula is C13H18N3+. The van der Waals surface area contributed by atoms with Crippen LogP contribution in [0.5, 0.6) is 0 Å². The van der Waals surface area contributed by atoms with Crippen LogP contribution in [0.3, 0.4) is 0 Å². The van der Waals surface area contributed by atoms with Crippen LogP contribution in [0.15, 0.2) is 43.0 Å². The first-order valence-corrected chi connectivity index (χ1v) is 5.89. The van der Waals surface area contributed by atoms with Gasteiger partial charge in [0.1, 0.15) is 12.2 Å². The number of rotatable bonds is 5. The van der Waals surface area contributed by atoms with Gasteiger partial charge in [-0.3, -0.25) is 0 Å². The topological polar surface area (TPSA) is 21.7 Å². The molecule has 1 heterocycles. The minimum atomic E-state index is 1.01. The fourth-order valence-corrected chi connectivity index (χ4v) is 1.70. The normalized spacial score (nSPS) is 10.6. The highest BCUT2D eigenvalue weighted by molar-refractivity contribution is 5.20. The van der Waals surface area contributed by atoms with Crippen molar-refractivity contribution < 1.29 is 4.57 Å². The third-order valence-electron chi connectivity index (χ3n) is 2.63. The van der Waals surface area contributed by atoms with Gasteiger partial charge in [-0.05, 0) is 18.6 Å². The SMILES string of the molecule is CCCCCn1c[n+](-c2ccccc2)cn1. The first kappa shape index (κ1) is 10.9. The van der Waals surface area contributed by atoms with Crippen molar-refractivity contribution in [2.75, 3.05) is 0 Å². The Labute approximate surface area is 96.4 Å². The second kappa shape index (κ2) is 5.45. The molecule has 0 amide bonds. The van der Waals surface area contributed by atoms with Crippen LogP contribution in [0.1, 0.15) is 26.2 Å². The summed E-state index contributed by atoms with van der Waals surface area (Å²) in [5.41, 5.74) is 1.16. The molecule has 0 saturated heterocycles. The lowest BCUT2D eigenvalue weighted by Gasteiger charge is -1.94. The van der Waals surface area contributed by atoms with Gasteiger partial charge in [0.25, 0.3) is 6.33 Å². The summed E-state index contributed by atoms with van der Waals surface area (Å²) in [4.78, 5) is 0. The molecule has 0 atom stereocenters. The van der Waals surface area contributed by atoms with Crippen LogP contribution in [-0.4, -0.2) is 9.78 Å². The highest BCUT2D eigenvalue weighted by Crippen LogP contribution is 1.99. The number of benzene rings is 1. The third-order valence-corrected chi connectivity index (χ3v) is 2.63. The van der Waals surface area contributed by atoms with Crippen LogP contribution in [0.2, 0.25) is 0 Å². The average molecular weight is 216 g/mol. The number of aryl methyl sites for hydroxylation is 1. The Morgan fingerprint density at radius 3 is 2.75 bits per heavy atom. The van der Waals surface area contributed by atoms with Gasteiger partial charge in [0.05, 0.1) is 0 Å². The van der Waals surface area contributed by atoms with E-state index in [-0.39, 0.29) is 0 Å². The van der Waals surface area contributed by atoms with E-state index >= 15 is 0 Å². The summed E-state index contributed by atoms with van der Waals surface area (Å²) in [6, 6.07) is 10.3. The van der Waals surface area contributed by atoms with Gasteiger partial charge in [0.2, 0.25) is 6.33 Å². The van der Waals surface area contributed by atoms with E-state index in [4.69, 9.17) is 0 Å². The molecule has 0 aliphatic rings. The lowest BCUT2D eigenvalue weighted by Crippen LogP contribution is -2.27. The second-order valence-corrected chi connectivity index (χ2v) is 3.96. The molecule has 2 rings (SSSR count). The molecule has 3 nitrogen and oxygen atoms in total. The van der Waals surface area contributed by atoms with E-state index in [2.05, 4.69) is 24.2 Å².